The summed E-state index contributed by atoms with van der Waals surface area (Å²) in [7, 11) is 0.0104. The number of pyridine rings is 1. The highest BCUT2D eigenvalue weighted by molar-refractivity contribution is 7.89. The van der Waals surface area contributed by atoms with E-state index in [1.807, 2.05) is 13.0 Å². The van der Waals surface area contributed by atoms with Gasteiger partial charge in [0, 0.05) is 37.2 Å². The molecule has 24 heavy (non-hydrogen) atoms. The number of aryl methyl sites for hydroxylation is 1. The largest absolute Gasteiger partial charge is 0.496 e. The maximum Gasteiger partial charge on any atom is 0.273 e. The predicted molar refractivity (Wildman–Crippen MR) is 96.4 cm³/mol. The minimum atomic E-state index is -3.19. The number of rotatable bonds is 6. The van der Waals surface area contributed by atoms with Gasteiger partial charge in [-0.25, -0.2) is 8.42 Å². The molecule has 2 aromatic rings. The van der Waals surface area contributed by atoms with Gasteiger partial charge >= 0.3 is 0 Å². The van der Waals surface area contributed by atoms with Crippen LogP contribution in [0.4, 0.5) is 5.69 Å². The third kappa shape index (κ3) is 4.17. The summed E-state index contributed by atoms with van der Waals surface area (Å²) in [5.41, 5.74) is 2.65. The molecule has 2 rings (SSSR count). The van der Waals surface area contributed by atoms with Gasteiger partial charge in [0.2, 0.25) is 0 Å². The van der Waals surface area contributed by atoms with E-state index in [1.54, 1.807) is 31.4 Å². The highest BCUT2D eigenvalue weighted by Gasteiger charge is 2.13. The van der Waals surface area contributed by atoms with E-state index in [0.29, 0.717) is 23.5 Å². The van der Waals surface area contributed by atoms with Crippen LogP contribution in [0.1, 0.15) is 12.5 Å². The Kier molecular flexibility index (Phi) is 5.33. The average Bonchev–Trinajstić information content (AvgIpc) is 2.50. The fourth-order valence-electron chi connectivity index (χ4n) is 2.54. The van der Waals surface area contributed by atoms with Gasteiger partial charge in [-0.3, -0.25) is 4.79 Å². The maximum absolute atomic E-state index is 12.1. The van der Waals surface area contributed by atoms with Crippen LogP contribution in [0.3, 0.4) is 0 Å². The number of hydrogen-bond acceptors (Lipinski definition) is 5. The van der Waals surface area contributed by atoms with Crippen molar-refractivity contribution >= 4 is 15.5 Å². The zero-order valence-corrected chi connectivity index (χ0v) is 15.1. The molecule has 0 aliphatic heterocycles. The van der Waals surface area contributed by atoms with E-state index in [1.165, 1.54) is 17.9 Å². The van der Waals surface area contributed by atoms with Gasteiger partial charge in [0.15, 0.2) is 9.84 Å². The molecular weight excluding hydrogens is 328 g/mol. The molecule has 0 radical (unpaired) electrons. The SMILES string of the molecule is CCNc1cc(-c2ccc(OC)c(CS(C)(=O)=O)c2)cn(C)c1=O. The number of methoxy groups -OCH3 is 1. The summed E-state index contributed by atoms with van der Waals surface area (Å²) in [5.74, 6) is 0.427. The zero-order chi connectivity index (χ0) is 17.9. The maximum atomic E-state index is 12.1. The molecule has 0 bridgehead atoms. The Morgan fingerprint density at radius 2 is 1.92 bits per heavy atom. The Morgan fingerprint density at radius 1 is 1.21 bits per heavy atom. The van der Waals surface area contributed by atoms with Crippen molar-refractivity contribution in [3.8, 4) is 16.9 Å². The van der Waals surface area contributed by atoms with Gasteiger partial charge in [-0.15, -0.1) is 0 Å². The minimum Gasteiger partial charge on any atom is -0.496 e. The van der Waals surface area contributed by atoms with Gasteiger partial charge in [-0.2, -0.15) is 0 Å². The first-order valence-corrected chi connectivity index (χ1v) is 9.60. The summed E-state index contributed by atoms with van der Waals surface area (Å²) in [6.45, 7) is 2.56. The number of sulfone groups is 1. The summed E-state index contributed by atoms with van der Waals surface area (Å²) < 4.78 is 30.1. The van der Waals surface area contributed by atoms with Crippen LogP contribution in [0.5, 0.6) is 5.75 Å². The second kappa shape index (κ2) is 7.09. The Balaban J connectivity index is 2.57. The molecule has 130 valence electrons. The molecule has 0 spiro atoms. The number of anilines is 1. The van der Waals surface area contributed by atoms with Gasteiger partial charge in [0.05, 0.1) is 12.9 Å². The van der Waals surface area contributed by atoms with Gasteiger partial charge in [-0.05, 0) is 30.7 Å². The third-order valence-corrected chi connectivity index (χ3v) is 4.42. The monoisotopic (exact) mass is 350 g/mol. The van der Waals surface area contributed by atoms with Crippen molar-refractivity contribution in [2.45, 2.75) is 12.7 Å². The van der Waals surface area contributed by atoms with E-state index in [4.69, 9.17) is 4.74 Å². The standard InChI is InChI=1S/C17H22N2O4S/c1-5-18-15-9-13(10-19(2)17(15)20)12-6-7-16(23-3)14(8-12)11-24(4,21)22/h6-10,18H,5,11H2,1-4H3. The average molecular weight is 350 g/mol. The molecule has 0 saturated heterocycles. The van der Waals surface area contributed by atoms with E-state index < -0.39 is 9.84 Å². The summed E-state index contributed by atoms with van der Waals surface area (Å²) in [5, 5.41) is 3.05. The Bertz CT molecular complexity index is 901. The quantitative estimate of drug-likeness (QED) is 0.863. The van der Waals surface area contributed by atoms with E-state index in [-0.39, 0.29) is 11.3 Å². The van der Waals surface area contributed by atoms with Crippen LogP contribution in [-0.4, -0.2) is 32.9 Å². The number of nitrogens with one attached hydrogen (secondary N) is 1. The molecule has 0 saturated carbocycles. The van der Waals surface area contributed by atoms with Crippen LogP contribution < -0.4 is 15.6 Å². The molecule has 0 atom stereocenters. The van der Waals surface area contributed by atoms with Gasteiger partial charge < -0.3 is 14.6 Å². The predicted octanol–water partition coefficient (Wildman–Crippen LogP) is 2.04. The minimum absolute atomic E-state index is 0.101. The topological polar surface area (TPSA) is 77.4 Å². The lowest BCUT2D eigenvalue weighted by molar-refractivity contribution is 0.411. The molecular formula is C17H22N2O4S. The molecule has 1 aromatic heterocycles. The number of hydrogen-bond donors (Lipinski definition) is 1. The molecule has 0 fully saturated rings. The van der Waals surface area contributed by atoms with Crippen molar-refractivity contribution in [1.29, 1.82) is 0 Å². The number of benzene rings is 1. The zero-order valence-electron chi connectivity index (χ0n) is 14.3. The molecule has 7 heteroatoms. The van der Waals surface area contributed by atoms with Crippen molar-refractivity contribution in [2.24, 2.45) is 7.05 Å². The van der Waals surface area contributed by atoms with Crippen LogP contribution in [0.2, 0.25) is 0 Å². The molecule has 1 aromatic carbocycles. The number of nitrogens with zero attached hydrogens (tertiary/aromatic N) is 1. The second-order valence-corrected chi connectivity index (χ2v) is 7.83. The van der Waals surface area contributed by atoms with Crippen molar-refractivity contribution in [2.75, 3.05) is 25.2 Å². The Morgan fingerprint density at radius 3 is 2.50 bits per heavy atom. The number of ether oxygens (including phenoxy) is 1. The fraction of sp³-hybridized carbons (Fsp3) is 0.353. The second-order valence-electron chi connectivity index (χ2n) is 5.69. The van der Waals surface area contributed by atoms with Crippen LogP contribution in [0.25, 0.3) is 11.1 Å². The summed E-state index contributed by atoms with van der Waals surface area (Å²) in [6, 6.07) is 7.15. The van der Waals surface area contributed by atoms with E-state index in [2.05, 4.69) is 5.32 Å². The Hall–Kier alpha value is -2.28. The van der Waals surface area contributed by atoms with Crippen molar-refractivity contribution in [3.63, 3.8) is 0 Å². The lowest BCUT2D eigenvalue weighted by Gasteiger charge is -2.13. The highest BCUT2D eigenvalue weighted by Crippen LogP contribution is 2.28. The van der Waals surface area contributed by atoms with Crippen molar-refractivity contribution < 1.29 is 13.2 Å². The molecule has 1 heterocycles. The summed E-state index contributed by atoms with van der Waals surface area (Å²) in [4.78, 5) is 12.1. The summed E-state index contributed by atoms with van der Waals surface area (Å²) >= 11 is 0. The molecule has 1 N–H and O–H groups in total. The van der Waals surface area contributed by atoms with Crippen molar-refractivity contribution in [1.82, 2.24) is 4.57 Å². The molecule has 0 aliphatic rings. The van der Waals surface area contributed by atoms with Crippen LogP contribution in [-0.2, 0) is 22.6 Å². The number of aromatic nitrogens is 1. The van der Waals surface area contributed by atoms with Crippen LogP contribution >= 0.6 is 0 Å². The molecule has 0 amide bonds. The van der Waals surface area contributed by atoms with Crippen LogP contribution in [0, 0.1) is 0 Å². The lowest BCUT2D eigenvalue weighted by Crippen LogP contribution is -2.20. The fourth-order valence-corrected chi connectivity index (χ4v) is 3.33. The van der Waals surface area contributed by atoms with Gasteiger partial charge in [0.25, 0.3) is 5.56 Å². The molecule has 0 unspecified atom stereocenters. The first-order valence-electron chi connectivity index (χ1n) is 7.54. The molecule has 6 nitrogen and oxygen atoms in total. The smallest absolute Gasteiger partial charge is 0.273 e. The van der Waals surface area contributed by atoms with E-state index in [9.17, 15) is 13.2 Å². The third-order valence-electron chi connectivity index (χ3n) is 3.58. The van der Waals surface area contributed by atoms with E-state index in [0.717, 1.165) is 11.1 Å². The van der Waals surface area contributed by atoms with Crippen molar-refractivity contribution in [3.05, 3.63) is 46.4 Å². The highest BCUT2D eigenvalue weighted by atomic mass is 32.2. The first-order chi connectivity index (χ1) is 11.2. The van der Waals surface area contributed by atoms with Crippen LogP contribution in [0.15, 0.2) is 35.3 Å². The first kappa shape index (κ1) is 18.1. The lowest BCUT2D eigenvalue weighted by atomic mass is 10.0. The van der Waals surface area contributed by atoms with Gasteiger partial charge in [0.1, 0.15) is 11.4 Å². The Labute approximate surface area is 142 Å². The molecule has 0 aliphatic carbocycles. The van der Waals surface area contributed by atoms with Gasteiger partial charge in [-0.1, -0.05) is 6.07 Å². The normalized spacial score (nSPS) is 11.3. The summed E-state index contributed by atoms with van der Waals surface area (Å²) in [6.07, 6.45) is 2.92. The van der Waals surface area contributed by atoms with E-state index >= 15 is 0 Å².